The lowest BCUT2D eigenvalue weighted by Crippen LogP contribution is -1.89. The van der Waals surface area contributed by atoms with E-state index in [0.29, 0.717) is 17.5 Å². The van der Waals surface area contributed by atoms with Gasteiger partial charge in [0.1, 0.15) is 0 Å². The van der Waals surface area contributed by atoms with Crippen molar-refractivity contribution in [2.45, 2.75) is 13.8 Å². The molecule has 1 aromatic carbocycles. The molecule has 102 valence electrons. The fourth-order valence-corrected chi connectivity index (χ4v) is 2.03. The van der Waals surface area contributed by atoms with Crippen LogP contribution in [0.5, 0.6) is 0 Å². The summed E-state index contributed by atoms with van der Waals surface area (Å²) in [5.41, 5.74) is 10.1. The van der Waals surface area contributed by atoms with E-state index in [-0.39, 0.29) is 0 Å². The van der Waals surface area contributed by atoms with Gasteiger partial charge in [-0.25, -0.2) is 0 Å². The van der Waals surface area contributed by atoms with Crippen LogP contribution in [0, 0.1) is 13.8 Å². The number of anilines is 1. The van der Waals surface area contributed by atoms with Crippen LogP contribution in [0.2, 0.25) is 0 Å². The molecule has 0 atom stereocenters. The molecule has 0 aliphatic heterocycles. The highest BCUT2D eigenvalue weighted by atomic mass is 16.4. The largest absolute Gasteiger partial charge is 0.416 e. The van der Waals surface area contributed by atoms with E-state index >= 15 is 0 Å². The van der Waals surface area contributed by atoms with Crippen molar-refractivity contribution < 1.29 is 4.42 Å². The second kappa shape index (κ2) is 4.48. The lowest BCUT2D eigenvalue weighted by atomic mass is 10.1. The summed E-state index contributed by atoms with van der Waals surface area (Å²) in [6.45, 7) is 3.86. The van der Waals surface area contributed by atoms with Gasteiger partial charge in [0.25, 0.3) is 5.89 Å². The fraction of sp³-hybridized carbons (Fsp3) is 0.214. The van der Waals surface area contributed by atoms with Crippen molar-refractivity contribution >= 4 is 5.69 Å². The minimum Gasteiger partial charge on any atom is -0.416 e. The van der Waals surface area contributed by atoms with Crippen LogP contribution in [-0.4, -0.2) is 20.0 Å². The van der Waals surface area contributed by atoms with E-state index in [4.69, 9.17) is 10.2 Å². The summed E-state index contributed by atoms with van der Waals surface area (Å²) in [5, 5.41) is 12.4. The average Bonchev–Trinajstić information content (AvgIpc) is 2.99. The third-order valence-corrected chi connectivity index (χ3v) is 3.20. The number of hydrogen-bond donors (Lipinski definition) is 1. The van der Waals surface area contributed by atoms with Crippen LogP contribution in [0.3, 0.4) is 0 Å². The summed E-state index contributed by atoms with van der Waals surface area (Å²) in [5.74, 6) is 0.916. The van der Waals surface area contributed by atoms with Crippen molar-refractivity contribution in [1.82, 2.24) is 20.0 Å². The number of nitrogen functional groups attached to an aromatic ring is 1. The maximum Gasteiger partial charge on any atom is 0.251 e. The number of hydrogen-bond acceptors (Lipinski definition) is 5. The Kier molecular flexibility index (Phi) is 2.78. The van der Waals surface area contributed by atoms with Gasteiger partial charge in [0.05, 0.1) is 11.3 Å². The van der Waals surface area contributed by atoms with Gasteiger partial charge >= 0.3 is 0 Å². The van der Waals surface area contributed by atoms with E-state index in [0.717, 1.165) is 22.4 Å². The number of aromatic nitrogens is 4. The van der Waals surface area contributed by atoms with E-state index in [1.165, 1.54) is 0 Å². The molecule has 0 saturated carbocycles. The van der Waals surface area contributed by atoms with Crippen molar-refractivity contribution in [3.63, 3.8) is 0 Å². The fourth-order valence-electron chi connectivity index (χ4n) is 2.03. The zero-order valence-corrected chi connectivity index (χ0v) is 11.6. The molecule has 20 heavy (non-hydrogen) atoms. The van der Waals surface area contributed by atoms with Gasteiger partial charge < -0.3 is 10.2 Å². The SMILES string of the molecule is Cc1ccc(-c2nnc(-c3cn(C)nc3C)o2)cc1N. The summed E-state index contributed by atoms with van der Waals surface area (Å²) in [6.07, 6.45) is 1.86. The molecule has 0 bridgehead atoms. The highest BCUT2D eigenvalue weighted by molar-refractivity contribution is 5.64. The summed E-state index contributed by atoms with van der Waals surface area (Å²) in [6, 6.07) is 5.69. The van der Waals surface area contributed by atoms with Gasteiger partial charge in [0.2, 0.25) is 5.89 Å². The third kappa shape index (κ3) is 2.05. The van der Waals surface area contributed by atoms with Crippen molar-refractivity contribution in [1.29, 1.82) is 0 Å². The summed E-state index contributed by atoms with van der Waals surface area (Å²) in [7, 11) is 1.86. The van der Waals surface area contributed by atoms with Crippen LogP contribution < -0.4 is 5.73 Å². The van der Waals surface area contributed by atoms with Gasteiger partial charge in [-0.05, 0) is 31.5 Å². The Balaban J connectivity index is 2.01. The number of benzene rings is 1. The summed E-state index contributed by atoms with van der Waals surface area (Å²) in [4.78, 5) is 0. The molecule has 0 fully saturated rings. The molecule has 2 aromatic heterocycles. The van der Waals surface area contributed by atoms with Gasteiger partial charge in [-0.2, -0.15) is 5.10 Å². The summed E-state index contributed by atoms with van der Waals surface area (Å²) < 4.78 is 7.43. The maximum atomic E-state index is 5.90. The number of aryl methyl sites for hydroxylation is 3. The lowest BCUT2D eigenvalue weighted by molar-refractivity contribution is 0.584. The van der Waals surface area contributed by atoms with Crippen LogP contribution in [0.25, 0.3) is 22.9 Å². The van der Waals surface area contributed by atoms with Crippen molar-refractivity contribution in [2.24, 2.45) is 7.05 Å². The predicted molar refractivity (Wildman–Crippen MR) is 75.8 cm³/mol. The molecular weight excluding hydrogens is 254 g/mol. The Bertz CT molecular complexity index is 772. The Hall–Kier alpha value is -2.63. The molecule has 0 unspecified atom stereocenters. The topological polar surface area (TPSA) is 82.8 Å². The van der Waals surface area contributed by atoms with Crippen molar-refractivity contribution in [2.75, 3.05) is 5.73 Å². The first-order valence-electron chi connectivity index (χ1n) is 6.25. The second-order valence-corrected chi connectivity index (χ2v) is 4.79. The molecule has 3 rings (SSSR count). The van der Waals surface area contributed by atoms with Crippen LogP contribution in [0.15, 0.2) is 28.8 Å². The number of nitrogens with zero attached hydrogens (tertiary/aromatic N) is 4. The van der Waals surface area contributed by atoms with E-state index in [9.17, 15) is 0 Å². The molecule has 0 aliphatic rings. The predicted octanol–water partition coefficient (Wildman–Crippen LogP) is 2.34. The van der Waals surface area contributed by atoms with E-state index in [1.807, 2.05) is 45.3 Å². The van der Waals surface area contributed by atoms with Gasteiger partial charge in [0.15, 0.2) is 0 Å². The second-order valence-electron chi connectivity index (χ2n) is 4.79. The average molecular weight is 269 g/mol. The lowest BCUT2D eigenvalue weighted by Gasteiger charge is -2.00. The molecule has 0 aliphatic carbocycles. The number of nitrogens with two attached hydrogens (primary N) is 1. The van der Waals surface area contributed by atoms with Crippen molar-refractivity contribution in [3.8, 4) is 22.9 Å². The van der Waals surface area contributed by atoms with E-state index in [2.05, 4.69) is 15.3 Å². The highest BCUT2D eigenvalue weighted by Crippen LogP contribution is 2.27. The molecule has 2 heterocycles. The van der Waals surface area contributed by atoms with Gasteiger partial charge in [-0.3, -0.25) is 4.68 Å². The standard InChI is InChI=1S/C14H15N5O/c1-8-4-5-10(6-12(8)15)13-16-17-14(20-13)11-7-19(3)18-9(11)2/h4-7H,15H2,1-3H3. The quantitative estimate of drug-likeness (QED) is 0.722. The minimum atomic E-state index is 0.454. The van der Waals surface area contributed by atoms with Gasteiger partial charge in [0, 0.05) is 24.5 Å². The molecule has 0 amide bonds. The molecule has 6 heteroatoms. The first kappa shape index (κ1) is 12.4. The monoisotopic (exact) mass is 269 g/mol. The zero-order chi connectivity index (χ0) is 14.3. The highest BCUT2D eigenvalue weighted by Gasteiger charge is 2.15. The smallest absolute Gasteiger partial charge is 0.251 e. The minimum absolute atomic E-state index is 0.454. The van der Waals surface area contributed by atoms with E-state index < -0.39 is 0 Å². The Labute approximate surface area is 116 Å². The molecular formula is C14H15N5O. The summed E-state index contributed by atoms with van der Waals surface area (Å²) >= 11 is 0. The Morgan fingerprint density at radius 1 is 1.15 bits per heavy atom. The molecule has 0 saturated heterocycles. The molecule has 3 aromatic rings. The number of rotatable bonds is 2. The normalized spacial score (nSPS) is 10.9. The van der Waals surface area contributed by atoms with Crippen LogP contribution in [-0.2, 0) is 7.05 Å². The van der Waals surface area contributed by atoms with E-state index in [1.54, 1.807) is 4.68 Å². The molecule has 2 N–H and O–H groups in total. The third-order valence-electron chi connectivity index (χ3n) is 3.20. The van der Waals surface area contributed by atoms with Crippen LogP contribution >= 0.6 is 0 Å². The van der Waals surface area contributed by atoms with Crippen LogP contribution in [0.1, 0.15) is 11.3 Å². The molecule has 0 radical (unpaired) electrons. The van der Waals surface area contributed by atoms with Gasteiger partial charge in [-0.15, -0.1) is 10.2 Å². The van der Waals surface area contributed by atoms with Gasteiger partial charge in [-0.1, -0.05) is 6.07 Å². The Morgan fingerprint density at radius 2 is 1.90 bits per heavy atom. The first-order valence-corrected chi connectivity index (χ1v) is 6.25. The van der Waals surface area contributed by atoms with Crippen molar-refractivity contribution in [3.05, 3.63) is 35.7 Å². The molecule has 6 nitrogen and oxygen atoms in total. The maximum absolute atomic E-state index is 5.90. The first-order chi connectivity index (χ1) is 9.54. The van der Waals surface area contributed by atoms with Crippen LogP contribution in [0.4, 0.5) is 5.69 Å². The Morgan fingerprint density at radius 3 is 2.55 bits per heavy atom. The zero-order valence-electron chi connectivity index (χ0n) is 11.6. The molecule has 0 spiro atoms.